The average molecular weight is 407 g/mol. The van der Waals surface area contributed by atoms with Crippen molar-refractivity contribution in [2.45, 2.75) is 38.8 Å². The quantitative estimate of drug-likeness (QED) is 0.797. The molecule has 0 saturated carbocycles. The predicted octanol–water partition coefficient (Wildman–Crippen LogP) is 2.15. The molecule has 0 radical (unpaired) electrons. The van der Waals surface area contributed by atoms with Gasteiger partial charge in [0, 0.05) is 30.0 Å². The van der Waals surface area contributed by atoms with Crippen LogP contribution in [0.2, 0.25) is 0 Å². The number of nitrogens with zero attached hydrogens (tertiary/aromatic N) is 3. The smallest absolute Gasteiger partial charge is 0.261 e. The zero-order valence-electron chi connectivity index (χ0n) is 14.4. The summed E-state index contributed by atoms with van der Waals surface area (Å²) in [6.07, 6.45) is 4.13. The standard InChI is InChI=1S/C18H23BrN4O2/c1-2-22-8-3-4-14(22)11-20-17(24)7-9-23-12-21-16-6-5-13(19)10-15(16)18(23)25/h5-6,10,12,14H,2-4,7-9,11H2,1H3,(H,20,24). The first-order valence-corrected chi connectivity index (χ1v) is 9.53. The highest BCUT2D eigenvalue weighted by atomic mass is 79.9. The van der Waals surface area contributed by atoms with E-state index in [4.69, 9.17) is 0 Å². The minimum Gasteiger partial charge on any atom is -0.354 e. The molecule has 7 heteroatoms. The summed E-state index contributed by atoms with van der Waals surface area (Å²) in [7, 11) is 0. The molecule has 1 atom stereocenters. The lowest BCUT2D eigenvalue weighted by Gasteiger charge is -2.22. The Kier molecular flexibility index (Phi) is 5.86. The molecule has 1 fully saturated rings. The third-order valence-electron chi connectivity index (χ3n) is 4.81. The second kappa shape index (κ2) is 8.10. The van der Waals surface area contributed by atoms with Crippen molar-refractivity contribution >= 4 is 32.7 Å². The SMILES string of the molecule is CCN1CCCC1CNC(=O)CCn1cnc2ccc(Br)cc2c1=O. The van der Waals surface area contributed by atoms with Gasteiger partial charge in [0.05, 0.1) is 17.2 Å². The zero-order chi connectivity index (χ0) is 17.8. The van der Waals surface area contributed by atoms with Crippen molar-refractivity contribution in [1.82, 2.24) is 19.8 Å². The molecule has 6 nitrogen and oxygen atoms in total. The van der Waals surface area contributed by atoms with Crippen molar-refractivity contribution in [2.75, 3.05) is 19.6 Å². The number of carbonyl (C=O) groups excluding carboxylic acids is 1. The number of likely N-dealkylation sites (N-methyl/N-ethyl adjacent to an activating group) is 1. The van der Waals surface area contributed by atoms with Crippen LogP contribution in [-0.4, -0.2) is 46.0 Å². The van der Waals surface area contributed by atoms with Gasteiger partial charge in [0.1, 0.15) is 0 Å². The van der Waals surface area contributed by atoms with Crippen LogP contribution in [0.1, 0.15) is 26.2 Å². The van der Waals surface area contributed by atoms with Crippen molar-refractivity contribution in [3.05, 3.63) is 39.4 Å². The summed E-state index contributed by atoms with van der Waals surface area (Å²) in [5, 5.41) is 3.56. The van der Waals surface area contributed by atoms with Gasteiger partial charge in [0.2, 0.25) is 5.91 Å². The molecular formula is C18H23BrN4O2. The van der Waals surface area contributed by atoms with Crippen LogP contribution in [-0.2, 0) is 11.3 Å². The second-order valence-corrected chi connectivity index (χ2v) is 7.30. The van der Waals surface area contributed by atoms with Crippen molar-refractivity contribution in [2.24, 2.45) is 0 Å². The normalized spacial score (nSPS) is 17.9. The van der Waals surface area contributed by atoms with E-state index in [0.717, 1.165) is 24.0 Å². The lowest BCUT2D eigenvalue weighted by molar-refractivity contribution is -0.121. The lowest BCUT2D eigenvalue weighted by atomic mass is 10.2. The molecule has 25 heavy (non-hydrogen) atoms. The van der Waals surface area contributed by atoms with Gasteiger partial charge in [-0.1, -0.05) is 22.9 Å². The number of hydrogen-bond acceptors (Lipinski definition) is 4. The van der Waals surface area contributed by atoms with Crippen molar-refractivity contribution < 1.29 is 4.79 Å². The van der Waals surface area contributed by atoms with Crippen molar-refractivity contribution in [3.63, 3.8) is 0 Å². The number of fused-ring (bicyclic) bond motifs is 1. The third-order valence-corrected chi connectivity index (χ3v) is 5.30. The predicted molar refractivity (Wildman–Crippen MR) is 102 cm³/mol. The number of aromatic nitrogens is 2. The van der Waals surface area contributed by atoms with Gasteiger partial charge < -0.3 is 5.32 Å². The maximum atomic E-state index is 12.5. The Labute approximate surface area is 155 Å². The summed E-state index contributed by atoms with van der Waals surface area (Å²) >= 11 is 3.37. The fourth-order valence-electron chi connectivity index (χ4n) is 3.38. The molecule has 1 N–H and O–H groups in total. The van der Waals surface area contributed by atoms with E-state index in [1.807, 2.05) is 6.07 Å². The molecule has 0 bridgehead atoms. The molecule has 3 rings (SSSR count). The number of benzene rings is 1. The first-order valence-electron chi connectivity index (χ1n) is 8.74. The molecule has 0 aliphatic carbocycles. The molecule has 2 aromatic rings. The highest BCUT2D eigenvalue weighted by molar-refractivity contribution is 9.10. The first kappa shape index (κ1) is 18.1. The third kappa shape index (κ3) is 4.27. The molecule has 1 unspecified atom stereocenters. The molecule has 1 aliphatic rings. The topological polar surface area (TPSA) is 67.2 Å². The summed E-state index contributed by atoms with van der Waals surface area (Å²) < 4.78 is 2.34. The Morgan fingerprint density at radius 1 is 1.44 bits per heavy atom. The Bertz CT molecular complexity index is 820. The highest BCUT2D eigenvalue weighted by Crippen LogP contribution is 2.16. The number of aryl methyl sites for hydroxylation is 1. The fourth-order valence-corrected chi connectivity index (χ4v) is 3.74. The van der Waals surface area contributed by atoms with Crippen LogP contribution in [0.15, 0.2) is 33.8 Å². The Hall–Kier alpha value is -1.73. The van der Waals surface area contributed by atoms with Gasteiger partial charge in [-0.05, 0) is 44.1 Å². The number of hydrogen-bond donors (Lipinski definition) is 1. The van der Waals surface area contributed by atoms with Crippen LogP contribution in [0.3, 0.4) is 0 Å². The molecule has 0 spiro atoms. The minimum absolute atomic E-state index is 0.0239. The molecule has 1 aliphatic heterocycles. The second-order valence-electron chi connectivity index (χ2n) is 6.38. The monoisotopic (exact) mass is 406 g/mol. The van der Waals surface area contributed by atoms with E-state index < -0.39 is 0 Å². The van der Waals surface area contributed by atoms with Gasteiger partial charge in [0.25, 0.3) is 5.56 Å². The van der Waals surface area contributed by atoms with Crippen LogP contribution < -0.4 is 10.9 Å². The molecule has 1 aromatic carbocycles. The zero-order valence-corrected chi connectivity index (χ0v) is 16.0. The average Bonchev–Trinajstić information content (AvgIpc) is 3.07. The summed E-state index contributed by atoms with van der Waals surface area (Å²) in [6, 6.07) is 5.87. The summed E-state index contributed by atoms with van der Waals surface area (Å²) in [5.74, 6) is -0.0239. The van der Waals surface area contributed by atoms with Crippen LogP contribution in [0.5, 0.6) is 0 Å². The fraction of sp³-hybridized carbons (Fsp3) is 0.500. The molecule has 134 valence electrons. The number of nitrogens with one attached hydrogen (secondary N) is 1. The van der Waals surface area contributed by atoms with Gasteiger partial charge in [-0.15, -0.1) is 0 Å². The number of halogens is 1. The molecular weight excluding hydrogens is 384 g/mol. The van der Waals surface area contributed by atoms with Gasteiger partial charge in [-0.2, -0.15) is 0 Å². The van der Waals surface area contributed by atoms with Gasteiger partial charge >= 0.3 is 0 Å². The van der Waals surface area contributed by atoms with E-state index in [0.29, 0.717) is 30.0 Å². The first-order chi connectivity index (χ1) is 12.1. The Morgan fingerprint density at radius 2 is 2.28 bits per heavy atom. The summed E-state index contributed by atoms with van der Waals surface area (Å²) in [5.41, 5.74) is 0.543. The van der Waals surface area contributed by atoms with E-state index in [2.05, 4.69) is 38.1 Å². The Balaban J connectivity index is 1.58. The van der Waals surface area contributed by atoms with E-state index in [1.54, 1.807) is 12.1 Å². The van der Waals surface area contributed by atoms with Gasteiger partial charge in [0.15, 0.2) is 0 Å². The van der Waals surface area contributed by atoms with Crippen molar-refractivity contribution in [3.8, 4) is 0 Å². The van der Waals surface area contributed by atoms with E-state index >= 15 is 0 Å². The number of rotatable bonds is 6. The number of likely N-dealkylation sites (tertiary alicyclic amines) is 1. The van der Waals surface area contributed by atoms with E-state index in [-0.39, 0.29) is 17.9 Å². The van der Waals surface area contributed by atoms with E-state index in [1.165, 1.54) is 17.3 Å². The lowest BCUT2D eigenvalue weighted by Crippen LogP contribution is -2.40. The highest BCUT2D eigenvalue weighted by Gasteiger charge is 2.23. The van der Waals surface area contributed by atoms with Gasteiger partial charge in [-0.3, -0.25) is 19.1 Å². The van der Waals surface area contributed by atoms with Gasteiger partial charge in [-0.25, -0.2) is 4.98 Å². The molecule has 1 aromatic heterocycles. The summed E-state index contributed by atoms with van der Waals surface area (Å²) in [4.78, 5) is 31.3. The van der Waals surface area contributed by atoms with Crippen LogP contribution in [0.25, 0.3) is 10.9 Å². The molecule has 1 saturated heterocycles. The molecule has 1 amide bonds. The number of carbonyl (C=O) groups is 1. The minimum atomic E-state index is -0.118. The van der Waals surface area contributed by atoms with Crippen LogP contribution in [0.4, 0.5) is 0 Å². The molecule has 2 heterocycles. The number of amides is 1. The van der Waals surface area contributed by atoms with E-state index in [9.17, 15) is 9.59 Å². The maximum absolute atomic E-state index is 12.5. The maximum Gasteiger partial charge on any atom is 0.261 e. The van der Waals surface area contributed by atoms with Crippen LogP contribution in [0, 0.1) is 0 Å². The summed E-state index contributed by atoms with van der Waals surface area (Å²) in [6.45, 7) is 5.31. The largest absolute Gasteiger partial charge is 0.354 e. The Morgan fingerprint density at radius 3 is 3.08 bits per heavy atom. The van der Waals surface area contributed by atoms with Crippen LogP contribution >= 0.6 is 15.9 Å². The van der Waals surface area contributed by atoms with Crippen molar-refractivity contribution in [1.29, 1.82) is 0 Å².